The van der Waals surface area contributed by atoms with Crippen molar-refractivity contribution in [1.82, 2.24) is 4.98 Å². The highest BCUT2D eigenvalue weighted by molar-refractivity contribution is 6.05. The number of aromatic nitrogens is 1. The Balaban J connectivity index is 1.15. The molecule has 224 valence electrons. The molecule has 0 saturated heterocycles. The van der Waals surface area contributed by atoms with E-state index in [1.807, 2.05) is 36.4 Å². The molecular weight excluding hydrogens is 581 g/mol. The first-order valence-corrected chi connectivity index (χ1v) is 16.1. The summed E-state index contributed by atoms with van der Waals surface area (Å²) in [5.41, 5.74) is 13.9. The van der Waals surface area contributed by atoms with E-state index in [1.54, 1.807) is 0 Å². The van der Waals surface area contributed by atoms with Crippen molar-refractivity contribution >= 4 is 10.8 Å². The molecule has 0 N–H and O–H groups in total. The van der Waals surface area contributed by atoms with Gasteiger partial charge in [0.15, 0.2) is 0 Å². The molecule has 0 aliphatic rings. The highest BCUT2D eigenvalue weighted by atomic mass is 14.7. The van der Waals surface area contributed by atoms with Crippen LogP contribution in [0.3, 0.4) is 0 Å². The van der Waals surface area contributed by atoms with Crippen LogP contribution < -0.4 is 0 Å². The summed E-state index contributed by atoms with van der Waals surface area (Å²) in [6.45, 7) is 0. The smallest absolute Gasteiger partial charge is 0.0991 e. The van der Waals surface area contributed by atoms with Gasteiger partial charge in [0.2, 0.25) is 0 Å². The Labute approximate surface area is 280 Å². The van der Waals surface area contributed by atoms with Crippen LogP contribution in [-0.2, 0) is 0 Å². The lowest BCUT2D eigenvalue weighted by molar-refractivity contribution is 1.32. The second kappa shape index (κ2) is 12.7. The highest BCUT2D eigenvalue weighted by Crippen LogP contribution is 2.38. The van der Waals surface area contributed by atoms with Crippen LogP contribution in [0.15, 0.2) is 182 Å². The van der Waals surface area contributed by atoms with Crippen LogP contribution in [0.5, 0.6) is 0 Å². The van der Waals surface area contributed by atoms with Crippen molar-refractivity contribution in [2.24, 2.45) is 0 Å². The molecule has 0 aliphatic heterocycles. The molecule has 48 heavy (non-hydrogen) atoms. The third-order valence-electron chi connectivity index (χ3n) is 8.94. The number of pyridine rings is 1. The molecule has 0 atom stereocenters. The minimum absolute atomic E-state index is 0.667. The fourth-order valence-corrected chi connectivity index (χ4v) is 6.47. The van der Waals surface area contributed by atoms with Crippen molar-refractivity contribution in [2.75, 3.05) is 0 Å². The topological polar surface area (TPSA) is 36.7 Å². The first kappa shape index (κ1) is 28.9. The summed E-state index contributed by atoms with van der Waals surface area (Å²) in [4.78, 5) is 5.05. The van der Waals surface area contributed by atoms with Crippen LogP contribution in [0, 0.1) is 11.3 Å². The fraction of sp³-hybridized carbons (Fsp3) is 0. The maximum Gasteiger partial charge on any atom is 0.0991 e. The fourth-order valence-electron chi connectivity index (χ4n) is 6.47. The van der Waals surface area contributed by atoms with Crippen LogP contribution in [0.4, 0.5) is 0 Å². The summed E-state index contributed by atoms with van der Waals surface area (Å²) in [7, 11) is 0. The molecule has 7 aromatic carbocycles. The van der Waals surface area contributed by atoms with Crippen LogP contribution in [0.2, 0.25) is 0 Å². The van der Waals surface area contributed by atoms with Gasteiger partial charge in [-0.15, -0.1) is 0 Å². The molecule has 1 heterocycles. The number of nitriles is 1. The minimum Gasteiger partial charge on any atom is -0.248 e. The van der Waals surface area contributed by atoms with E-state index in [0.29, 0.717) is 5.56 Å². The number of benzene rings is 7. The van der Waals surface area contributed by atoms with Gasteiger partial charge in [0.05, 0.1) is 23.0 Å². The summed E-state index contributed by atoms with van der Waals surface area (Å²) in [5, 5.41) is 11.8. The van der Waals surface area contributed by atoms with E-state index in [2.05, 4.69) is 152 Å². The molecule has 0 fully saturated rings. The molecule has 8 aromatic rings. The first-order chi connectivity index (χ1) is 23.7. The van der Waals surface area contributed by atoms with Crippen molar-refractivity contribution in [3.05, 3.63) is 188 Å². The van der Waals surface area contributed by atoms with Crippen LogP contribution >= 0.6 is 0 Å². The monoisotopic (exact) mass is 610 g/mol. The Morgan fingerprint density at radius 3 is 1.27 bits per heavy atom. The molecular formula is C46H30N2. The van der Waals surface area contributed by atoms with Gasteiger partial charge in [-0.25, -0.2) is 4.98 Å². The molecule has 0 amide bonds. The highest BCUT2D eigenvalue weighted by Gasteiger charge is 2.12. The minimum atomic E-state index is 0.667. The molecule has 0 bridgehead atoms. The number of hydrogen-bond acceptors (Lipinski definition) is 2. The van der Waals surface area contributed by atoms with E-state index in [4.69, 9.17) is 4.98 Å². The predicted octanol–water partition coefficient (Wildman–Crippen LogP) is 12.1. The normalized spacial score (nSPS) is 10.9. The van der Waals surface area contributed by atoms with Crippen molar-refractivity contribution in [2.45, 2.75) is 0 Å². The third-order valence-corrected chi connectivity index (χ3v) is 8.94. The molecule has 2 nitrogen and oxygen atoms in total. The lowest BCUT2D eigenvalue weighted by Gasteiger charge is -2.14. The maximum atomic E-state index is 9.32. The summed E-state index contributed by atoms with van der Waals surface area (Å²) in [5.74, 6) is 0. The van der Waals surface area contributed by atoms with Gasteiger partial charge in [0, 0.05) is 11.1 Å². The van der Waals surface area contributed by atoms with Crippen molar-refractivity contribution in [3.8, 4) is 73.1 Å². The Hall–Kier alpha value is -6.56. The maximum absolute atomic E-state index is 9.32. The Morgan fingerprint density at radius 1 is 0.333 bits per heavy atom. The number of rotatable bonds is 6. The average Bonchev–Trinajstić information content (AvgIpc) is 3.18. The Bertz CT molecular complexity index is 2360. The van der Waals surface area contributed by atoms with Crippen molar-refractivity contribution in [3.63, 3.8) is 0 Å². The van der Waals surface area contributed by atoms with E-state index in [1.165, 1.54) is 27.5 Å². The average molecular weight is 611 g/mol. The molecule has 2 heteroatoms. The lowest BCUT2D eigenvalue weighted by Crippen LogP contribution is -1.91. The van der Waals surface area contributed by atoms with Crippen LogP contribution in [0.1, 0.15) is 5.56 Å². The lowest BCUT2D eigenvalue weighted by atomic mass is 9.90. The molecule has 0 unspecified atom stereocenters. The number of hydrogen-bond donors (Lipinski definition) is 0. The first-order valence-electron chi connectivity index (χ1n) is 16.1. The van der Waals surface area contributed by atoms with Crippen molar-refractivity contribution < 1.29 is 0 Å². The zero-order valence-electron chi connectivity index (χ0n) is 26.2. The van der Waals surface area contributed by atoms with Gasteiger partial charge in [0.25, 0.3) is 0 Å². The van der Waals surface area contributed by atoms with E-state index >= 15 is 0 Å². The molecule has 1 aromatic heterocycles. The van der Waals surface area contributed by atoms with Gasteiger partial charge in [0.1, 0.15) is 0 Å². The number of fused-ring (bicyclic) bond motifs is 1. The van der Waals surface area contributed by atoms with E-state index in [-0.39, 0.29) is 0 Å². The molecule has 8 rings (SSSR count). The van der Waals surface area contributed by atoms with Gasteiger partial charge >= 0.3 is 0 Å². The quantitative estimate of drug-likeness (QED) is 0.188. The molecule has 0 aliphatic carbocycles. The summed E-state index contributed by atoms with van der Waals surface area (Å²) >= 11 is 0. The molecule has 0 spiro atoms. The standard InChI is InChI=1S/C46H30N2/c47-31-32-10-9-15-39(28-32)33-18-22-35(23-19-33)41-26-27-42(44-17-8-7-16-43(41)44)36-24-20-34(21-25-36)40-29-45(37-11-3-1-4-12-37)48-46(30-40)38-13-5-2-6-14-38/h1-30H. The van der Waals surface area contributed by atoms with Gasteiger partial charge in [-0.1, -0.05) is 158 Å². The van der Waals surface area contributed by atoms with E-state index < -0.39 is 0 Å². The van der Waals surface area contributed by atoms with Crippen LogP contribution in [-0.4, -0.2) is 4.98 Å². The van der Waals surface area contributed by atoms with Gasteiger partial charge in [-0.3, -0.25) is 0 Å². The zero-order valence-corrected chi connectivity index (χ0v) is 26.2. The van der Waals surface area contributed by atoms with Crippen LogP contribution in [0.25, 0.3) is 77.8 Å². The predicted molar refractivity (Wildman–Crippen MR) is 199 cm³/mol. The second-order valence-electron chi connectivity index (χ2n) is 11.9. The van der Waals surface area contributed by atoms with E-state index in [9.17, 15) is 5.26 Å². The van der Waals surface area contributed by atoms with E-state index in [0.717, 1.165) is 50.3 Å². The number of nitrogens with zero attached hydrogens (tertiary/aromatic N) is 2. The SMILES string of the molecule is N#Cc1cccc(-c2ccc(-c3ccc(-c4ccc(-c5cc(-c6ccccc6)nc(-c6ccccc6)c5)cc4)c4ccccc34)cc2)c1. The third kappa shape index (κ3) is 5.66. The zero-order chi connectivity index (χ0) is 32.3. The second-order valence-corrected chi connectivity index (χ2v) is 11.9. The Morgan fingerprint density at radius 2 is 0.771 bits per heavy atom. The van der Waals surface area contributed by atoms with Gasteiger partial charge < -0.3 is 0 Å². The summed E-state index contributed by atoms with van der Waals surface area (Å²) < 4.78 is 0. The van der Waals surface area contributed by atoms with Gasteiger partial charge in [-0.2, -0.15) is 5.26 Å². The largest absolute Gasteiger partial charge is 0.248 e. The summed E-state index contributed by atoms with van der Waals surface area (Å²) in [6.07, 6.45) is 0. The van der Waals surface area contributed by atoms with Crippen molar-refractivity contribution in [1.29, 1.82) is 5.26 Å². The molecule has 0 radical (unpaired) electrons. The summed E-state index contributed by atoms with van der Waals surface area (Å²) in [6, 6.07) is 65.8. The van der Waals surface area contributed by atoms with Gasteiger partial charge in [-0.05, 0) is 79.5 Å². The molecule has 0 saturated carbocycles. The Kier molecular flexibility index (Phi) is 7.63.